The zero-order chi connectivity index (χ0) is 17.4. The van der Waals surface area contributed by atoms with E-state index < -0.39 is 15.8 Å². The Kier molecular flexibility index (Phi) is 5.54. The van der Waals surface area contributed by atoms with Gasteiger partial charge in [-0.2, -0.15) is 17.0 Å². The Labute approximate surface area is 146 Å². The number of nitrogens with zero attached hydrogens (tertiary/aromatic N) is 4. The first-order chi connectivity index (χ1) is 11.3. The molecule has 0 aromatic rings. The van der Waals surface area contributed by atoms with Gasteiger partial charge in [0.05, 0.1) is 5.60 Å². The molecule has 0 aromatic heterocycles. The van der Waals surface area contributed by atoms with Gasteiger partial charge in [-0.05, 0) is 38.8 Å². The maximum absolute atomic E-state index is 12.2. The number of hydrogen-bond donors (Lipinski definition) is 1. The van der Waals surface area contributed by atoms with Crippen molar-refractivity contribution in [2.75, 3.05) is 59.9 Å². The summed E-state index contributed by atoms with van der Waals surface area (Å²) in [6, 6.07) is 0.281. The molecule has 140 valence electrons. The molecule has 0 amide bonds. The molecule has 24 heavy (non-hydrogen) atoms. The molecule has 7 nitrogen and oxygen atoms in total. The quantitative estimate of drug-likeness (QED) is 0.751. The normalized spacial score (nSPS) is 34.4. The summed E-state index contributed by atoms with van der Waals surface area (Å²) in [5, 5.41) is 11.3. The summed E-state index contributed by atoms with van der Waals surface area (Å²) in [6.45, 7) is 5.30. The number of aliphatic hydroxyl groups is 1. The van der Waals surface area contributed by atoms with E-state index in [1.807, 2.05) is 0 Å². The number of hydrogen-bond acceptors (Lipinski definition) is 5. The lowest BCUT2D eigenvalue weighted by Crippen LogP contribution is -2.64. The number of piperidine rings is 2. The Balaban J connectivity index is 1.59. The first-order valence-corrected chi connectivity index (χ1v) is 10.6. The number of fused-ring (bicyclic) bond motifs is 1. The van der Waals surface area contributed by atoms with Crippen molar-refractivity contribution >= 4 is 10.2 Å². The summed E-state index contributed by atoms with van der Waals surface area (Å²) < 4.78 is 27.2. The summed E-state index contributed by atoms with van der Waals surface area (Å²) >= 11 is 0. The van der Waals surface area contributed by atoms with Crippen molar-refractivity contribution in [3.05, 3.63) is 0 Å². The fourth-order valence-electron chi connectivity index (χ4n) is 4.54. The van der Waals surface area contributed by atoms with Gasteiger partial charge in [-0.15, -0.1) is 0 Å². The van der Waals surface area contributed by atoms with Gasteiger partial charge in [0.15, 0.2) is 0 Å². The summed E-state index contributed by atoms with van der Waals surface area (Å²) in [5.41, 5.74) is -0.638. The lowest BCUT2D eigenvalue weighted by atomic mass is 9.79. The Morgan fingerprint density at radius 3 is 2.38 bits per heavy atom. The summed E-state index contributed by atoms with van der Waals surface area (Å²) in [7, 11) is -0.174. The molecule has 0 aliphatic carbocycles. The second-order valence-corrected chi connectivity index (χ2v) is 9.86. The Hall–Kier alpha value is -0.250. The maximum Gasteiger partial charge on any atom is 0.281 e. The third-order valence-corrected chi connectivity index (χ3v) is 7.85. The van der Waals surface area contributed by atoms with Crippen molar-refractivity contribution < 1.29 is 13.5 Å². The summed E-state index contributed by atoms with van der Waals surface area (Å²) in [4.78, 5) is 4.72. The van der Waals surface area contributed by atoms with Gasteiger partial charge in [-0.25, -0.2) is 0 Å². The zero-order valence-electron chi connectivity index (χ0n) is 15.0. The molecule has 0 saturated carbocycles. The minimum atomic E-state index is -3.32. The van der Waals surface area contributed by atoms with Gasteiger partial charge in [0.25, 0.3) is 10.2 Å². The number of piperazine rings is 1. The van der Waals surface area contributed by atoms with Crippen LogP contribution in [0.1, 0.15) is 32.1 Å². The molecule has 0 aromatic carbocycles. The SMILES string of the molecule is CN(C)S(=O)(=O)N1CCN(C[C@]2(O)CCCN3CCCC[C@@H]32)CC1. The molecule has 0 bridgehead atoms. The zero-order valence-corrected chi connectivity index (χ0v) is 15.8. The van der Waals surface area contributed by atoms with E-state index in [-0.39, 0.29) is 6.04 Å². The molecule has 3 saturated heterocycles. The van der Waals surface area contributed by atoms with Crippen LogP contribution in [0.4, 0.5) is 0 Å². The van der Waals surface area contributed by atoms with E-state index in [2.05, 4.69) is 9.80 Å². The molecule has 8 heteroatoms. The van der Waals surface area contributed by atoms with Crippen molar-refractivity contribution in [3.8, 4) is 0 Å². The van der Waals surface area contributed by atoms with Crippen LogP contribution in [0.25, 0.3) is 0 Å². The molecule has 0 radical (unpaired) electrons. The van der Waals surface area contributed by atoms with Crippen molar-refractivity contribution in [2.24, 2.45) is 0 Å². The standard InChI is InChI=1S/C16H32N4O3S/c1-17(2)24(22,23)20-12-10-18(11-13-20)14-16(21)7-5-9-19-8-4-3-6-15(16)19/h15,21H,3-14H2,1-2H3/t15-,16-/m1/s1. The van der Waals surface area contributed by atoms with E-state index in [4.69, 9.17) is 0 Å². The second-order valence-electron chi connectivity index (χ2n) is 7.72. The monoisotopic (exact) mass is 360 g/mol. The van der Waals surface area contributed by atoms with Gasteiger partial charge >= 0.3 is 0 Å². The van der Waals surface area contributed by atoms with E-state index in [0.717, 1.165) is 32.4 Å². The number of β-amino-alcohol motifs (C(OH)–C–C–N with tert-alkyl or cyclic N) is 1. The molecule has 3 rings (SSSR count). The van der Waals surface area contributed by atoms with Crippen LogP contribution >= 0.6 is 0 Å². The highest BCUT2D eigenvalue weighted by Gasteiger charge is 2.45. The van der Waals surface area contributed by atoms with Gasteiger partial charge in [-0.1, -0.05) is 6.42 Å². The number of rotatable bonds is 4. The van der Waals surface area contributed by atoms with Gasteiger partial charge in [0, 0.05) is 52.9 Å². The molecule has 0 spiro atoms. The summed E-state index contributed by atoms with van der Waals surface area (Å²) in [5.74, 6) is 0. The minimum absolute atomic E-state index is 0.281. The molecule has 1 N–H and O–H groups in total. The lowest BCUT2D eigenvalue weighted by Gasteiger charge is -2.51. The van der Waals surface area contributed by atoms with Crippen molar-refractivity contribution in [2.45, 2.75) is 43.7 Å². The second kappa shape index (κ2) is 7.17. The third kappa shape index (κ3) is 3.64. The average molecular weight is 361 g/mol. The summed E-state index contributed by atoms with van der Waals surface area (Å²) in [6.07, 6.45) is 5.46. The van der Waals surface area contributed by atoms with Crippen molar-refractivity contribution in [1.29, 1.82) is 0 Å². The van der Waals surface area contributed by atoms with E-state index >= 15 is 0 Å². The lowest BCUT2D eigenvalue weighted by molar-refractivity contribution is -0.111. The molecule has 2 atom stereocenters. The maximum atomic E-state index is 12.2. The van der Waals surface area contributed by atoms with Crippen LogP contribution in [-0.2, 0) is 10.2 Å². The third-order valence-electron chi connectivity index (χ3n) is 5.91. The van der Waals surface area contributed by atoms with Crippen LogP contribution in [-0.4, -0.2) is 103 Å². The van der Waals surface area contributed by atoms with Gasteiger partial charge in [0.1, 0.15) is 0 Å². The Morgan fingerprint density at radius 2 is 1.71 bits per heavy atom. The highest BCUT2D eigenvalue weighted by Crippen LogP contribution is 2.34. The molecule has 3 heterocycles. The van der Waals surface area contributed by atoms with Gasteiger partial charge in [0.2, 0.25) is 0 Å². The Bertz CT molecular complexity index is 531. The largest absolute Gasteiger partial charge is 0.387 e. The first kappa shape index (κ1) is 18.5. The van der Waals surface area contributed by atoms with E-state index in [1.165, 1.54) is 17.1 Å². The molecule has 3 aliphatic rings. The highest BCUT2D eigenvalue weighted by atomic mass is 32.2. The van der Waals surface area contributed by atoms with Gasteiger partial charge < -0.3 is 5.11 Å². The van der Waals surface area contributed by atoms with E-state index in [0.29, 0.717) is 32.7 Å². The predicted molar refractivity (Wildman–Crippen MR) is 94.0 cm³/mol. The van der Waals surface area contributed by atoms with Gasteiger partial charge in [-0.3, -0.25) is 9.80 Å². The van der Waals surface area contributed by atoms with Crippen LogP contribution in [0.2, 0.25) is 0 Å². The fraction of sp³-hybridized carbons (Fsp3) is 1.00. The van der Waals surface area contributed by atoms with Crippen molar-refractivity contribution in [3.63, 3.8) is 0 Å². The molecule has 0 unspecified atom stereocenters. The topological polar surface area (TPSA) is 67.3 Å². The Morgan fingerprint density at radius 1 is 1.04 bits per heavy atom. The smallest absolute Gasteiger partial charge is 0.281 e. The predicted octanol–water partition coefficient (Wildman–Crippen LogP) is -0.210. The molecular weight excluding hydrogens is 328 g/mol. The highest BCUT2D eigenvalue weighted by molar-refractivity contribution is 7.86. The van der Waals surface area contributed by atoms with Crippen LogP contribution < -0.4 is 0 Å². The van der Waals surface area contributed by atoms with E-state index in [9.17, 15) is 13.5 Å². The first-order valence-electron chi connectivity index (χ1n) is 9.19. The van der Waals surface area contributed by atoms with Crippen LogP contribution in [0.3, 0.4) is 0 Å². The van der Waals surface area contributed by atoms with Crippen molar-refractivity contribution in [1.82, 2.24) is 18.4 Å². The average Bonchev–Trinajstić information content (AvgIpc) is 2.55. The molecular formula is C16H32N4O3S. The fourth-order valence-corrected chi connectivity index (χ4v) is 5.63. The van der Waals surface area contributed by atoms with Crippen LogP contribution in [0.5, 0.6) is 0 Å². The molecule has 3 aliphatic heterocycles. The van der Waals surface area contributed by atoms with Crippen LogP contribution in [0.15, 0.2) is 0 Å². The van der Waals surface area contributed by atoms with E-state index in [1.54, 1.807) is 18.4 Å². The molecule has 3 fully saturated rings. The van der Waals surface area contributed by atoms with Crippen LogP contribution in [0, 0.1) is 0 Å². The minimum Gasteiger partial charge on any atom is -0.387 e.